The summed E-state index contributed by atoms with van der Waals surface area (Å²) in [6, 6.07) is 11.9. The Morgan fingerprint density at radius 2 is 2.07 bits per heavy atom. The van der Waals surface area contributed by atoms with Gasteiger partial charge >= 0.3 is 0 Å². The smallest absolute Gasteiger partial charge is 0.261 e. The molecule has 1 N–H and O–H groups in total. The summed E-state index contributed by atoms with van der Waals surface area (Å²) in [5, 5.41) is 3.23. The molecule has 140 valence electrons. The van der Waals surface area contributed by atoms with E-state index < -0.39 is 0 Å². The van der Waals surface area contributed by atoms with E-state index in [1.807, 2.05) is 6.07 Å². The number of carbonyl (C=O) groups excluding carboxylic acids is 1. The van der Waals surface area contributed by atoms with Gasteiger partial charge in [-0.25, -0.2) is 9.37 Å². The lowest BCUT2D eigenvalue weighted by Crippen LogP contribution is -2.33. The van der Waals surface area contributed by atoms with Crippen LogP contribution in [0.2, 0.25) is 0 Å². The molecule has 3 rings (SSSR count). The minimum atomic E-state index is -0.264. The van der Waals surface area contributed by atoms with Gasteiger partial charge in [-0.15, -0.1) is 0 Å². The number of amides is 1. The van der Waals surface area contributed by atoms with Crippen molar-refractivity contribution in [3.8, 4) is 0 Å². The molecular weight excluding hydrogens is 433 g/mol. The van der Waals surface area contributed by atoms with Crippen LogP contribution in [0.4, 0.5) is 4.39 Å². The molecule has 5 nitrogen and oxygen atoms in total. The third-order valence-electron chi connectivity index (χ3n) is 3.88. The average Bonchev–Trinajstić information content (AvgIpc) is 2.65. The first-order valence-corrected chi connectivity index (χ1v) is 10.2. The highest BCUT2D eigenvalue weighted by Gasteiger charge is 2.08. The fraction of sp³-hybridized carbons (Fsp3) is 0.211. The van der Waals surface area contributed by atoms with E-state index in [0.29, 0.717) is 34.5 Å². The van der Waals surface area contributed by atoms with Crippen LogP contribution in [0.5, 0.6) is 0 Å². The van der Waals surface area contributed by atoms with Gasteiger partial charge in [-0.1, -0.05) is 34.1 Å². The fourth-order valence-corrected chi connectivity index (χ4v) is 3.72. The van der Waals surface area contributed by atoms with Crippen molar-refractivity contribution in [2.75, 3.05) is 12.3 Å². The van der Waals surface area contributed by atoms with Crippen molar-refractivity contribution in [1.82, 2.24) is 14.9 Å². The first-order valence-electron chi connectivity index (χ1n) is 8.27. The molecule has 2 aromatic carbocycles. The molecule has 3 aromatic rings. The van der Waals surface area contributed by atoms with E-state index in [9.17, 15) is 14.0 Å². The number of nitrogens with one attached hydrogen (secondary N) is 1. The molecule has 0 aliphatic carbocycles. The van der Waals surface area contributed by atoms with E-state index in [2.05, 4.69) is 26.2 Å². The average molecular weight is 450 g/mol. The molecule has 0 atom stereocenters. The third-order valence-corrected chi connectivity index (χ3v) is 5.39. The van der Waals surface area contributed by atoms with Crippen LogP contribution in [0.25, 0.3) is 10.9 Å². The number of fused-ring (bicyclic) bond motifs is 1. The molecule has 0 radical (unpaired) electrons. The van der Waals surface area contributed by atoms with Crippen molar-refractivity contribution in [2.24, 2.45) is 0 Å². The highest BCUT2D eigenvalue weighted by Crippen LogP contribution is 2.15. The highest BCUT2D eigenvalue weighted by atomic mass is 79.9. The number of hydrogen-bond acceptors (Lipinski definition) is 4. The van der Waals surface area contributed by atoms with Crippen LogP contribution in [0.15, 0.2) is 58.1 Å². The minimum Gasteiger partial charge on any atom is -0.354 e. The zero-order valence-electron chi connectivity index (χ0n) is 14.3. The second-order valence-electron chi connectivity index (χ2n) is 5.83. The van der Waals surface area contributed by atoms with Crippen molar-refractivity contribution in [3.63, 3.8) is 0 Å². The maximum Gasteiger partial charge on any atom is 0.261 e. The van der Waals surface area contributed by atoms with E-state index in [1.165, 1.54) is 28.7 Å². The van der Waals surface area contributed by atoms with Crippen molar-refractivity contribution >= 4 is 44.5 Å². The molecular formula is C19H17BrFN3O2S. The zero-order valence-corrected chi connectivity index (χ0v) is 16.7. The van der Waals surface area contributed by atoms with E-state index in [0.717, 1.165) is 4.47 Å². The van der Waals surface area contributed by atoms with Crippen LogP contribution < -0.4 is 10.9 Å². The van der Waals surface area contributed by atoms with Crippen LogP contribution in [-0.4, -0.2) is 27.8 Å². The number of hydrogen-bond donors (Lipinski definition) is 1. The van der Waals surface area contributed by atoms with Gasteiger partial charge in [0.05, 0.1) is 17.2 Å². The summed E-state index contributed by atoms with van der Waals surface area (Å²) in [5.41, 5.74) is 0.976. The summed E-state index contributed by atoms with van der Waals surface area (Å²) in [7, 11) is 0. The second kappa shape index (κ2) is 9.14. The Bertz CT molecular complexity index is 1030. The number of aromatic nitrogens is 2. The van der Waals surface area contributed by atoms with Crippen molar-refractivity contribution in [2.45, 2.75) is 12.3 Å². The molecule has 8 heteroatoms. The Hall–Kier alpha value is -2.19. The first-order chi connectivity index (χ1) is 13.0. The number of nitrogens with zero attached hydrogens (tertiary/aromatic N) is 2. The van der Waals surface area contributed by atoms with Gasteiger partial charge in [0.15, 0.2) is 0 Å². The summed E-state index contributed by atoms with van der Waals surface area (Å²) < 4.78 is 15.6. The largest absolute Gasteiger partial charge is 0.354 e. The summed E-state index contributed by atoms with van der Waals surface area (Å²) in [6.07, 6.45) is 1.38. The summed E-state index contributed by atoms with van der Waals surface area (Å²) >= 11 is 4.87. The molecule has 0 saturated carbocycles. The van der Waals surface area contributed by atoms with Gasteiger partial charge in [-0.05, 0) is 29.8 Å². The second-order valence-corrected chi connectivity index (χ2v) is 7.85. The van der Waals surface area contributed by atoms with Gasteiger partial charge in [0, 0.05) is 22.5 Å². The normalized spacial score (nSPS) is 10.9. The molecule has 0 aliphatic rings. The van der Waals surface area contributed by atoms with E-state index in [4.69, 9.17) is 0 Å². The molecule has 0 spiro atoms. The predicted octanol–water partition coefficient (Wildman–Crippen LogP) is 3.35. The quantitative estimate of drug-likeness (QED) is 0.561. The van der Waals surface area contributed by atoms with E-state index in [-0.39, 0.29) is 23.8 Å². The van der Waals surface area contributed by atoms with E-state index in [1.54, 1.807) is 30.3 Å². The van der Waals surface area contributed by atoms with Gasteiger partial charge in [0.2, 0.25) is 5.91 Å². The van der Waals surface area contributed by atoms with Gasteiger partial charge in [-0.3, -0.25) is 14.2 Å². The van der Waals surface area contributed by atoms with Crippen LogP contribution in [0.1, 0.15) is 5.56 Å². The standard InChI is InChI=1S/C19H17BrFN3O2S/c20-14-5-6-17-15(9-14)19(26)24(12-23-17)10-18(25)22-7-8-27-11-13-3-1-2-4-16(13)21/h1-6,9,12H,7-8,10-11H2,(H,22,25). The lowest BCUT2D eigenvalue weighted by Gasteiger charge is -2.08. The van der Waals surface area contributed by atoms with Crippen molar-refractivity contribution in [3.05, 3.63) is 75.0 Å². The van der Waals surface area contributed by atoms with Crippen molar-refractivity contribution in [1.29, 1.82) is 0 Å². The lowest BCUT2D eigenvalue weighted by molar-refractivity contribution is -0.121. The number of thioether (sulfide) groups is 1. The van der Waals surface area contributed by atoms with E-state index >= 15 is 0 Å². The Morgan fingerprint density at radius 1 is 1.26 bits per heavy atom. The maximum atomic E-state index is 13.5. The number of carbonyl (C=O) groups is 1. The Labute approximate surface area is 168 Å². The number of benzene rings is 2. The SMILES string of the molecule is O=C(Cn1cnc2ccc(Br)cc2c1=O)NCCSCc1ccccc1F. The third kappa shape index (κ3) is 5.17. The lowest BCUT2D eigenvalue weighted by atomic mass is 10.2. The van der Waals surface area contributed by atoms with Gasteiger partial charge in [-0.2, -0.15) is 11.8 Å². The molecule has 0 aliphatic heterocycles. The molecule has 1 amide bonds. The molecule has 0 unspecified atom stereocenters. The summed E-state index contributed by atoms with van der Waals surface area (Å²) in [5.74, 6) is 0.715. The number of halogens is 2. The Kier molecular flexibility index (Phi) is 6.63. The van der Waals surface area contributed by atoms with Gasteiger partial charge in [0.1, 0.15) is 12.4 Å². The monoisotopic (exact) mass is 449 g/mol. The zero-order chi connectivity index (χ0) is 19.2. The predicted molar refractivity (Wildman–Crippen MR) is 109 cm³/mol. The minimum absolute atomic E-state index is 0.0910. The topological polar surface area (TPSA) is 64.0 Å². The molecule has 0 fully saturated rings. The highest BCUT2D eigenvalue weighted by molar-refractivity contribution is 9.10. The molecule has 1 aromatic heterocycles. The first kappa shape index (κ1) is 19.6. The Morgan fingerprint density at radius 3 is 2.89 bits per heavy atom. The molecule has 1 heterocycles. The Balaban J connectivity index is 1.50. The van der Waals surface area contributed by atoms with Crippen LogP contribution in [-0.2, 0) is 17.1 Å². The molecule has 0 saturated heterocycles. The van der Waals surface area contributed by atoms with Gasteiger partial charge in [0.25, 0.3) is 5.56 Å². The van der Waals surface area contributed by atoms with Crippen molar-refractivity contribution < 1.29 is 9.18 Å². The van der Waals surface area contributed by atoms with Gasteiger partial charge < -0.3 is 5.32 Å². The summed E-state index contributed by atoms with van der Waals surface area (Å²) in [6.45, 7) is 0.353. The van der Waals surface area contributed by atoms with Crippen LogP contribution in [0, 0.1) is 5.82 Å². The molecule has 0 bridgehead atoms. The summed E-state index contributed by atoms with van der Waals surface area (Å²) in [4.78, 5) is 28.8. The van der Waals surface area contributed by atoms with Crippen LogP contribution in [0.3, 0.4) is 0 Å². The molecule has 27 heavy (non-hydrogen) atoms. The maximum absolute atomic E-state index is 13.5. The number of rotatable bonds is 7. The fourth-order valence-electron chi connectivity index (χ4n) is 2.51. The van der Waals surface area contributed by atoms with Crippen LogP contribution >= 0.6 is 27.7 Å².